The first-order valence-electron chi connectivity index (χ1n) is 9.90. The minimum atomic E-state index is -3.46. The number of hydrogen-bond donors (Lipinski definition) is 0. The third kappa shape index (κ3) is 5.90. The molecule has 1 aliphatic rings. The number of benzene rings is 2. The van der Waals surface area contributed by atoms with Gasteiger partial charge in [0.25, 0.3) is 0 Å². The lowest BCUT2D eigenvalue weighted by Gasteiger charge is -2.25. The van der Waals surface area contributed by atoms with Crippen molar-refractivity contribution in [3.8, 4) is 0 Å². The summed E-state index contributed by atoms with van der Waals surface area (Å²) < 4.78 is 31.9. The molecule has 0 saturated carbocycles. The lowest BCUT2D eigenvalue weighted by molar-refractivity contribution is -0.142. The molecule has 0 spiro atoms. The van der Waals surface area contributed by atoms with Gasteiger partial charge in [0.15, 0.2) is 12.4 Å². The summed E-state index contributed by atoms with van der Waals surface area (Å²) in [5, 5.41) is 0.526. The number of aryl methyl sites for hydroxylation is 1. The van der Waals surface area contributed by atoms with Crippen molar-refractivity contribution in [2.45, 2.75) is 37.0 Å². The summed E-state index contributed by atoms with van der Waals surface area (Å²) in [4.78, 5) is 24.2. The molecule has 0 bridgehead atoms. The monoisotopic (exact) mass is 449 g/mol. The fraction of sp³-hybridized carbons (Fsp3) is 0.364. The average Bonchev–Trinajstić information content (AvgIpc) is 2.77. The Morgan fingerprint density at radius 1 is 0.933 bits per heavy atom. The van der Waals surface area contributed by atoms with Crippen LogP contribution in [0.15, 0.2) is 53.4 Å². The minimum Gasteiger partial charge on any atom is -0.457 e. The van der Waals surface area contributed by atoms with Crippen LogP contribution in [-0.2, 0) is 26.0 Å². The maximum Gasteiger partial charge on any atom is 0.306 e. The Balaban J connectivity index is 1.48. The van der Waals surface area contributed by atoms with Crippen LogP contribution in [0.3, 0.4) is 0 Å². The van der Waals surface area contributed by atoms with Crippen molar-refractivity contribution in [2.75, 3.05) is 19.7 Å². The quantitative estimate of drug-likeness (QED) is 0.451. The molecule has 2 aromatic rings. The Morgan fingerprint density at radius 3 is 2.20 bits per heavy atom. The number of hydrogen-bond acceptors (Lipinski definition) is 5. The second kappa shape index (κ2) is 10.2. The molecule has 0 N–H and O–H groups in total. The summed E-state index contributed by atoms with van der Waals surface area (Å²) >= 11 is 5.79. The molecular weight excluding hydrogens is 426 g/mol. The number of nitrogens with zero attached hydrogens (tertiary/aromatic N) is 1. The van der Waals surface area contributed by atoms with Gasteiger partial charge >= 0.3 is 5.97 Å². The summed E-state index contributed by atoms with van der Waals surface area (Å²) in [5.74, 6) is -0.783. The Labute approximate surface area is 181 Å². The van der Waals surface area contributed by atoms with Crippen LogP contribution in [0.25, 0.3) is 0 Å². The van der Waals surface area contributed by atoms with Crippen LogP contribution in [0.5, 0.6) is 0 Å². The van der Waals surface area contributed by atoms with Gasteiger partial charge in [-0.15, -0.1) is 0 Å². The van der Waals surface area contributed by atoms with Gasteiger partial charge in [-0.3, -0.25) is 9.59 Å². The highest BCUT2D eigenvalue weighted by Crippen LogP contribution is 2.21. The van der Waals surface area contributed by atoms with E-state index in [1.165, 1.54) is 4.31 Å². The van der Waals surface area contributed by atoms with E-state index in [-0.39, 0.29) is 23.7 Å². The number of ether oxygens (including phenoxy) is 1. The van der Waals surface area contributed by atoms with E-state index in [1.54, 1.807) is 48.5 Å². The maximum atomic E-state index is 12.7. The summed E-state index contributed by atoms with van der Waals surface area (Å²) in [7, 11) is -3.46. The molecule has 2 aromatic carbocycles. The van der Waals surface area contributed by atoms with Gasteiger partial charge in [0.2, 0.25) is 10.0 Å². The fourth-order valence-corrected chi connectivity index (χ4v) is 4.91. The van der Waals surface area contributed by atoms with Crippen molar-refractivity contribution in [2.24, 2.45) is 0 Å². The van der Waals surface area contributed by atoms with Crippen LogP contribution in [0, 0.1) is 0 Å². The van der Waals surface area contributed by atoms with Gasteiger partial charge in [0.1, 0.15) is 0 Å². The molecule has 1 saturated heterocycles. The van der Waals surface area contributed by atoms with Gasteiger partial charge in [0, 0.05) is 30.1 Å². The SMILES string of the molecule is O=C(CCc1ccc(S(=O)(=O)N2CCCCC2)cc1)OCC(=O)c1ccc(Cl)cc1. The number of piperidine rings is 1. The first-order chi connectivity index (χ1) is 14.4. The Bertz CT molecular complexity index is 981. The highest BCUT2D eigenvalue weighted by molar-refractivity contribution is 7.89. The molecule has 3 rings (SSSR count). The van der Waals surface area contributed by atoms with Crippen molar-refractivity contribution in [1.29, 1.82) is 0 Å². The lowest BCUT2D eigenvalue weighted by atomic mass is 10.1. The third-order valence-corrected chi connectivity index (χ3v) is 7.19. The van der Waals surface area contributed by atoms with Gasteiger partial charge in [-0.25, -0.2) is 8.42 Å². The van der Waals surface area contributed by atoms with Crippen LogP contribution < -0.4 is 0 Å². The molecule has 8 heteroatoms. The topological polar surface area (TPSA) is 80.8 Å². The molecule has 0 unspecified atom stereocenters. The van der Waals surface area contributed by atoms with E-state index >= 15 is 0 Å². The summed E-state index contributed by atoms with van der Waals surface area (Å²) in [6.45, 7) is 0.794. The normalized spacial score (nSPS) is 15.0. The molecule has 6 nitrogen and oxygen atoms in total. The summed E-state index contributed by atoms with van der Waals surface area (Å²) in [6.07, 6.45) is 3.34. The number of Topliss-reactive ketones (excluding diaryl/α,β-unsaturated/α-hetero) is 1. The zero-order valence-corrected chi connectivity index (χ0v) is 18.1. The van der Waals surface area contributed by atoms with Crippen LogP contribution in [0.1, 0.15) is 41.6 Å². The molecule has 0 atom stereocenters. The van der Waals surface area contributed by atoms with Gasteiger partial charge in [-0.1, -0.05) is 30.2 Å². The van der Waals surface area contributed by atoms with Crippen molar-refractivity contribution < 1.29 is 22.7 Å². The summed E-state index contributed by atoms with van der Waals surface area (Å²) in [6, 6.07) is 12.9. The Morgan fingerprint density at radius 2 is 1.57 bits per heavy atom. The average molecular weight is 450 g/mol. The number of ketones is 1. The van der Waals surface area contributed by atoms with E-state index in [1.807, 2.05) is 0 Å². The van der Waals surface area contributed by atoms with Gasteiger partial charge in [0.05, 0.1) is 4.90 Å². The first-order valence-corrected chi connectivity index (χ1v) is 11.7. The van der Waals surface area contributed by atoms with Crippen LogP contribution in [-0.4, -0.2) is 44.2 Å². The highest BCUT2D eigenvalue weighted by atomic mass is 35.5. The molecular formula is C22H24ClNO5S. The smallest absolute Gasteiger partial charge is 0.306 e. The van der Waals surface area contributed by atoms with E-state index in [4.69, 9.17) is 16.3 Å². The molecule has 30 heavy (non-hydrogen) atoms. The molecule has 0 amide bonds. The van der Waals surface area contributed by atoms with E-state index in [0.717, 1.165) is 24.8 Å². The third-order valence-electron chi connectivity index (χ3n) is 5.02. The number of sulfonamides is 1. The van der Waals surface area contributed by atoms with Crippen molar-refractivity contribution in [3.05, 3.63) is 64.7 Å². The zero-order chi connectivity index (χ0) is 21.6. The van der Waals surface area contributed by atoms with Crippen LogP contribution >= 0.6 is 11.6 Å². The number of carbonyl (C=O) groups excluding carboxylic acids is 2. The number of rotatable bonds is 8. The second-order valence-electron chi connectivity index (χ2n) is 7.20. The second-order valence-corrected chi connectivity index (χ2v) is 9.57. The summed E-state index contributed by atoms with van der Waals surface area (Å²) in [5.41, 5.74) is 1.26. The Kier molecular flexibility index (Phi) is 7.64. The predicted molar refractivity (Wildman–Crippen MR) is 114 cm³/mol. The largest absolute Gasteiger partial charge is 0.457 e. The molecule has 1 aliphatic heterocycles. The van der Waals surface area contributed by atoms with Crippen molar-refractivity contribution in [1.82, 2.24) is 4.31 Å². The van der Waals surface area contributed by atoms with Crippen molar-refractivity contribution in [3.63, 3.8) is 0 Å². The number of esters is 1. The fourth-order valence-electron chi connectivity index (χ4n) is 3.27. The molecule has 0 radical (unpaired) electrons. The molecule has 0 aliphatic carbocycles. The van der Waals surface area contributed by atoms with Crippen LogP contribution in [0.4, 0.5) is 0 Å². The number of halogens is 1. The minimum absolute atomic E-state index is 0.103. The maximum absolute atomic E-state index is 12.7. The van der Waals surface area contributed by atoms with Gasteiger partial charge < -0.3 is 4.74 Å². The van der Waals surface area contributed by atoms with Crippen LogP contribution in [0.2, 0.25) is 5.02 Å². The van der Waals surface area contributed by atoms with Gasteiger partial charge in [-0.2, -0.15) is 4.31 Å². The first kappa shape index (κ1) is 22.5. The standard InChI is InChI=1S/C22H24ClNO5S/c23-19-9-7-18(8-10-19)21(25)16-29-22(26)13-6-17-4-11-20(12-5-17)30(27,28)24-14-2-1-3-15-24/h4-5,7-12H,1-3,6,13-16H2. The van der Waals surface area contributed by atoms with E-state index < -0.39 is 16.0 Å². The molecule has 0 aromatic heterocycles. The van der Waals surface area contributed by atoms with E-state index in [2.05, 4.69) is 0 Å². The van der Waals surface area contributed by atoms with E-state index in [0.29, 0.717) is 30.1 Å². The lowest BCUT2D eigenvalue weighted by Crippen LogP contribution is -2.35. The van der Waals surface area contributed by atoms with Gasteiger partial charge in [-0.05, 0) is 61.2 Å². The Hall–Kier alpha value is -2.22. The molecule has 160 valence electrons. The zero-order valence-electron chi connectivity index (χ0n) is 16.6. The molecule has 1 fully saturated rings. The predicted octanol–water partition coefficient (Wildman–Crippen LogP) is 3.87. The highest BCUT2D eigenvalue weighted by Gasteiger charge is 2.25. The number of carbonyl (C=O) groups is 2. The molecule has 1 heterocycles. The van der Waals surface area contributed by atoms with E-state index in [9.17, 15) is 18.0 Å². The van der Waals surface area contributed by atoms with Crippen molar-refractivity contribution >= 4 is 33.4 Å².